The Morgan fingerprint density at radius 2 is 2.09 bits per heavy atom. The molecule has 1 aromatic rings. The number of likely N-dealkylation sites (tertiary alicyclic amines) is 1. The van der Waals surface area contributed by atoms with Crippen LogP contribution in [0.15, 0.2) is 10.6 Å². The van der Waals surface area contributed by atoms with E-state index in [2.05, 4.69) is 15.8 Å². The smallest absolute Gasteiger partial charge is 0.228 e. The van der Waals surface area contributed by atoms with Gasteiger partial charge in [0.25, 0.3) is 0 Å². The monoisotopic (exact) mass is 330 g/mol. The third-order valence-corrected chi connectivity index (χ3v) is 3.69. The largest absolute Gasteiger partial charge is 0.360 e. The number of aromatic nitrogens is 1. The summed E-state index contributed by atoms with van der Waals surface area (Å²) in [5.41, 5.74) is 0. The summed E-state index contributed by atoms with van der Waals surface area (Å²) in [7, 11) is 1.83. The fraction of sp³-hybridized carbons (Fsp3) is 0.643. The molecule has 7 nitrogen and oxygen atoms in total. The number of anilines is 1. The lowest BCUT2D eigenvalue weighted by molar-refractivity contribution is -0.134. The van der Waals surface area contributed by atoms with Gasteiger partial charge in [0, 0.05) is 38.0 Å². The molecule has 1 aromatic heterocycles. The third kappa shape index (κ3) is 4.99. The zero-order valence-corrected chi connectivity index (χ0v) is 13.7. The van der Waals surface area contributed by atoms with Crippen LogP contribution in [-0.2, 0) is 9.59 Å². The van der Waals surface area contributed by atoms with Crippen LogP contribution in [-0.4, -0.2) is 48.6 Å². The van der Waals surface area contributed by atoms with E-state index in [9.17, 15) is 9.59 Å². The molecule has 2 N–H and O–H groups in total. The van der Waals surface area contributed by atoms with Crippen molar-refractivity contribution in [3.8, 4) is 0 Å². The first-order valence-corrected chi connectivity index (χ1v) is 7.26. The molecular formula is C14H23ClN4O3. The number of piperidine rings is 1. The first-order chi connectivity index (χ1) is 10.1. The molecule has 2 heterocycles. The van der Waals surface area contributed by atoms with E-state index in [1.807, 2.05) is 11.9 Å². The van der Waals surface area contributed by atoms with Crippen molar-refractivity contribution in [3.05, 3.63) is 11.8 Å². The van der Waals surface area contributed by atoms with Crippen LogP contribution in [0.2, 0.25) is 0 Å². The number of carbonyl (C=O) groups is 2. The van der Waals surface area contributed by atoms with Gasteiger partial charge in [-0.1, -0.05) is 5.16 Å². The van der Waals surface area contributed by atoms with Gasteiger partial charge in [0.05, 0.1) is 0 Å². The summed E-state index contributed by atoms with van der Waals surface area (Å²) in [6.07, 6.45) is 1.88. The minimum Gasteiger partial charge on any atom is -0.360 e. The summed E-state index contributed by atoms with van der Waals surface area (Å²) in [5, 5.41) is 9.47. The zero-order chi connectivity index (χ0) is 15.2. The highest BCUT2D eigenvalue weighted by Crippen LogP contribution is 2.20. The molecule has 2 amide bonds. The van der Waals surface area contributed by atoms with Crippen molar-refractivity contribution in [3.63, 3.8) is 0 Å². The van der Waals surface area contributed by atoms with Crippen LogP contribution in [0.25, 0.3) is 0 Å². The van der Waals surface area contributed by atoms with E-state index in [1.165, 1.54) is 0 Å². The summed E-state index contributed by atoms with van der Waals surface area (Å²) in [6, 6.07) is 1.69. The van der Waals surface area contributed by atoms with Gasteiger partial charge in [-0.15, -0.1) is 12.4 Å². The second-order valence-electron chi connectivity index (χ2n) is 5.32. The first kappa shape index (κ1) is 18.4. The number of rotatable bonds is 5. The number of hydrogen-bond donors (Lipinski definition) is 2. The highest BCUT2D eigenvalue weighted by atomic mass is 35.5. The molecular weight excluding hydrogens is 308 g/mol. The summed E-state index contributed by atoms with van der Waals surface area (Å²) in [4.78, 5) is 25.8. The van der Waals surface area contributed by atoms with Gasteiger partial charge in [0.1, 0.15) is 5.76 Å². The Morgan fingerprint density at radius 3 is 2.64 bits per heavy atom. The maximum absolute atomic E-state index is 12.1. The third-order valence-electron chi connectivity index (χ3n) is 3.69. The molecule has 0 radical (unpaired) electrons. The fourth-order valence-electron chi connectivity index (χ4n) is 2.43. The van der Waals surface area contributed by atoms with Crippen molar-refractivity contribution in [1.82, 2.24) is 15.4 Å². The van der Waals surface area contributed by atoms with Crippen LogP contribution in [0.5, 0.6) is 0 Å². The predicted molar refractivity (Wildman–Crippen MR) is 85.0 cm³/mol. The fourth-order valence-corrected chi connectivity index (χ4v) is 2.43. The van der Waals surface area contributed by atoms with Gasteiger partial charge < -0.3 is 20.1 Å². The highest BCUT2D eigenvalue weighted by molar-refractivity contribution is 5.91. The van der Waals surface area contributed by atoms with Crippen molar-refractivity contribution >= 4 is 30.0 Å². The number of nitrogens with one attached hydrogen (secondary N) is 2. The van der Waals surface area contributed by atoms with Gasteiger partial charge in [-0.2, -0.15) is 0 Å². The molecule has 0 spiro atoms. The van der Waals surface area contributed by atoms with Crippen LogP contribution in [0.1, 0.15) is 25.0 Å². The average Bonchev–Trinajstić information content (AvgIpc) is 2.90. The molecule has 8 heteroatoms. The lowest BCUT2D eigenvalue weighted by atomic mass is 9.95. The molecule has 1 saturated heterocycles. The highest BCUT2D eigenvalue weighted by Gasteiger charge is 2.27. The second-order valence-corrected chi connectivity index (χ2v) is 5.32. The molecule has 0 saturated carbocycles. The van der Waals surface area contributed by atoms with Crippen LogP contribution in [0, 0.1) is 12.8 Å². The Bertz CT molecular complexity index is 498. The van der Waals surface area contributed by atoms with Crippen molar-refractivity contribution in [1.29, 1.82) is 0 Å². The Hall–Kier alpha value is -1.60. The van der Waals surface area contributed by atoms with E-state index in [1.54, 1.807) is 13.0 Å². The Kier molecular flexibility index (Phi) is 7.34. The van der Waals surface area contributed by atoms with E-state index >= 15 is 0 Å². The number of aryl methyl sites for hydroxylation is 1. The Morgan fingerprint density at radius 1 is 1.41 bits per heavy atom. The van der Waals surface area contributed by atoms with Crippen molar-refractivity contribution < 1.29 is 14.1 Å². The maximum atomic E-state index is 12.1. The Labute approximate surface area is 136 Å². The predicted octanol–water partition coefficient (Wildman–Crippen LogP) is 1.19. The summed E-state index contributed by atoms with van der Waals surface area (Å²) in [6.45, 7) is 3.74. The van der Waals surface area contributed by atoms with Gasteiger partial charge in [0.15, 0.2) is 5.82 Å². The number of amides is 2. The molecule has 0 aromatic carbocycles. The van der Waals surface area contributed by atoms with Gasteiger partial charge in [-0.05, 0) is 26.8 Å². The van der Waals surface area contributed by atoms with Gasteiger partial charge in [-0.3, -0.25) is 9.59 Å². The first-order valence-electron chi connectivity index (χ1n) is 7.26. The molecule has 1 aliphatic rings. The van der Waals surface area contributed by atoms with Crippen molar-refractivity contribution in [2.24, 2.45) is 5.92 Å². The standard InChI is InChI=1S/C14H22N4O3.ClH/c1-10-9-12(17-21-10)16-14(20)11-4-7-18(8-5-11)13(19)3-6-15-2;/h9,11,15H,3-8H2,1-2H3,(H,16,17,20);1H. The minimum atomic E-state index is -0.0737. The molecule has 1 fully saturated rings. The molecule has 0 atom stereocenters. The lowest BCUT2D eigenvalue weighted by Crippen LogP contribution is -2.42. The molecule has 22 heavy (non-hydrogen) atoms. The quantitative estimate of drug-likeness (QED) is 0.846. The molecule has 1 aliphatic heterocycles. The van der Waals surface area contributed by atoms with E-state index in [-0.39, 0.29) is 30.1 Å². The van der Waals surface area contributed by atoms with Crippen LogP contribution in [0.3, 0.4) is 0 Å². The number of carbonyl (C=O) groups excluding carboxylic acids is 2. The number of nitrogens with zero attached hydrogens (tertiary/aromatic N) is 2. The van der Waals surface area contributed by atoms with Gasteiger partial charge >= 0.3 is 0 Å². The summed E-state index contributed by atoms with van der Waals surface area (Å²) < 4.78 is 4.92. The Balaban J connectivity index is 0.00000242. The molecule has 0 aliphatic carbocycles. The van der Waals surface area contributed by atoms with Crippen molar-refractivity contribution in [2.75, 3.05) is 32.0 Å². The molecule has 124 valence electrons. The molecule has 0 bridgehead atoms. The van der Waals surface area contributed by atoms with Crippen molar-refractivity contribution in [2.45, 2.75) is 26.2 Å². The second kappa shape index (κ2) is 8.75. The minimum absolute atomic E-state index is 0. The maximum Gasteiger partial charge on any atom is 0.228 e. The van der Waals surface area contributed by atoms with Gasteiger partial charge in [0.2, 0.25) is 11.8 Å². The van der Waals surface area contributed by atoms with Crippen LogP contribution >= 0.6 is 12.4 Å². The van der Waals surface area contributed by atoms with E-state index in [0.29, 0.717) is 50.5 Å². The van der Waals surface area contributed by atoms with E-state index in [4.69, 9.17) is 4.52 Å². The summed E-state index contributed by atoms with van der Waals surface area (Å²) >= 11 is 0. The lowest BCUT2D eigenvalue weighted by Gasteiger charge is -2.31. The molecule has 0 unspecified atom stereocenters. The van der Waals surface area contributed by atoms with E-state index < -0.39 is 0 Å². The van der Waals surface area contributed by atoms with Gasteiger partial charge in [-0.25, -0.2) is 0 Å². The zero-order valence-electron chi connectivity index (χ0n) is 12.9. The number of hydrogen-bond acceptors (Lipinski definition) is 5. The van der Waals surface area contributed by atoms with E-state index in [0.717, 1.165) is 0 Å². The number of halogens is 1. The van der Waals surface area contributed by atoms with Crippen LogP contribution in [0.4, 0.5) is 5.82 Å². The SMILES string of the molecule is CNCCC(=O)N1CCC(C(=O)Nc2cc(C)on2)CC1.Cl. The van der Waals surface area contributed by atoms with Crippen LogP contribution < -0.4 is 10.6 Å². The molecule has 2 rings (SSSR count). The average molecular weight is 331 g/mol. The topological polar surface area (TPSA) is 87.5 Å². The normalized spacial score (nSPS) is 15.3. The summed E-state index contributed by atoms with van der Waals surface area (Å²) in [5.74, 6) is 1.14.